The molecule has 2 aromatic rings. The molecule has 0 aliphatic rings. The Balaban J connectivity index is 1.89. The summed E-state index contributed by atoms with van der Waals surface area (Å²) in [7, 11) is -3.22. The first kappa shape index (κ1) is 20.8. The Kier molecular flexibility index (Phi) is 7.55. The van der Waals surface area contributed by atoms with Crippen LogP contribution in [-0.2, 0) is 20.4 Å². The highest BCUT2D eigenvalue weighted by Gasteiger charge is 2.14. The molecule has 0 aliphatic carbocycles. The van der Waals surface area contributed by atoms with Gasteiger partial charge in [0, 0.05) is 17.0 Å². The zero-order valence-corrected chi connectivity index (χ0v) is 17.1. The summed E-state index contributed by atoms with van der Waals surface area (Å²) in [5.74, 6) is 1.02. The summed E-state index contributed by atoms with van der Waals surface area (Å²) >= 11 is 7.48. The number of sulfone groups is 1. The molecule has 1 atom stereocenters. The molecular formula is C19H22ClNO3S2. The van der Waals surface area contributed by atoms with E-state index < -0.39 is 9.84 Å². The molecule has 0 saturated carbocycles. The molecule has 7 heteroatoms. The lowest BCUT2D eigenvalue weighted by molar-refractivity contribution is -0.119. The Hall–Kier alpha value is -1.50. The van der Waals surface area contributed by atoms with Crippen molar-refractivity contribution >= 4 is 39.1 Å². The Morgan fingerprint density at radius 3 is 2.46 bits per heavy atom. The molecule has 26 heavy (non-hydrogen) atoms. The SMILES string of the molecule is CC[C@H](NC(=O)CSCc1cccc(Cl)c1)c1ccc(S(C)(=O)=O)cc1. The molecule has 0 aromatic heterocycles. The second-order valence-corrected chi connectivity index (χ2v) is 9.43. The van der Waals surface area contributed by atoms with Crippen LogP contribution in [0.1, 0.15) is 30.5 Å². The van der Waals surface area contributed by atoms with Crippen molar-refractivity contribution in [1.82, 2.24) is 5.32 Å². The van der Waals surface area contributed by atoms with Crippen molar-refractivity contribution in [3.8, 4) is 0 Å². The van der Waals surface area contributed by atoms with Gasteiger partial charge < -0.3 is 5.32 Å². The third-order valence-electron chi connectivity index (χ3n) is 3.85. The van der Waals surface area contributed by atoms with E-state index in [1.54, 1.807) is 24.3 Å². The molecular weight excluding hydrogens is 390 g/mol. The van der Waals surface area contributed by atoms with Crippen molar-refractivity contribution in [1.29, 1.82) is 0 Å². The van der Waals surface area contributed by atoms with Gasteiger partial charge in [-0.05, 0) is 41.8 Å². The monoisotopic (exact) mass is 411 g/mol. The van der Waals surface area contributed by atoms with E-state index in [0.717, 1.165) is 17.5 Å². The van der Waals surface area contributed by atoms with Gasteiger partial charge in [0.05, 0.1) is 16.7 Å². The van der Waals surface area contributed by atoms with Gasteiger partial charge in [-0.2, -0.15) is 0 Å². The number of benzene rings is 2. The number of carbonyl (C=O) groups is 1. The summed E-state index contributed by atoms with van der Waals surface area (Å²) in [6, 6.07) is 14.1. The van der Waals surface area contributed by atoms with E-state index in [9.17, 15) is 13.2 Å². The topological polar surface area (TPSA) is 63.2 Å². The number of amides is 1. The van der Waals surface area contributed by atoms with E-state index in [-0.39, 0.29) is 16.8 Å². The molecule has 0 aliphatic heterocycles. The van der Waals surface area contributed by atoms with Crippen LogP contribution in [0.3, 0.4) is 0 Å². The van der Waals surface area contributed by atoms with Gasteiger partial charge in [-0.3, -0.25) is 4.79 Å². The molecule has 0 unspecified atom stereocenters. The molecule has 2 rings (SSSR count). The largest absolute Gasteiger partial charge is 0.349 e. The number of hydrogen-bond acceptors (Lipinski definition) is 4. The average molecular weight is 412 g/mol. The van der Waals surface area contributed by atoms with Crippen molar-refractivity contribution in [2.45, 2.75) is 30.0 Å². The molecule has 0 bridgehead atoms. The van der Waals surface area contributed by atoms with Gasteiger partial charge in [0.1, 0.15) is 0 Å². The number of halogens is 1. The summed E-state index contributed by atoms with van der Waals surface area (Å²) in [6.45, 7) is 1.98. The summed E-state index contributed by atoms with van der Waals surface area (Å²) in [4.78, 5) is 12.5. The van der Waals surface area contributed by atoms with Crippen LogP contribution < -0.4 is 5.32 Å². The molecule has 1 amide bonds. The number of thioether (sulfide) groups is 1. The summed E-state index contributed by atoms with van der Waals surface area (Å²) in [5.41, 5.74) is 1.98. The van der Waals surface area contributed by atoms with E-state index in [1.165, 1.54) is 18.0 Å². The van der Waals surface area contributed by atoms with Crippen LogP contribution in [0.2, 0.25) is 5.02 Å². The van der Waals surface area contributed by atoms with Crippen molar-refractivity contribution in [2.24, 2.45) is 0 Å². The number of hydrogen-bond donors (Lipinski definition) is 1. The summed E-state index contributed by atoms with van der Waals surface area (Å²) in [6.07, 6.45) is 1.90. The third kappa shape index (κ3) is 6.34. The molecule has 1 N–H and O–H groups in total. The maximum atomic E-state index is 12.2. The zero-order valence-electron chi connectivity index (χ0n) is 14.7. The predicted molar refractivity (Wildman–Crippen MR) is 108 cm³/mol. The minimum atomic E-state index is -3.22. The van der Waals surface area contributed by atoms with Gasteiger partial charge in [0.15, 0.2) is 9.84 Å². The Morgan fingerprint density at radius 2 is 1.88 bits per heavy atom. The van der Waals surface area contributed by atoms with E-state index in [2.05, 4.69) is 5.32 Å². The first-order valence-corrected chi connectivity index (χ1v) is 11.6. The lowest BCUT2D eigenvalue weighted by atomic mass is 10.0. The minimum absolute atomic E-state index is 0.0453. The molecule has 2 aromatic carbocycles. The van der Waals surface area contributed by atoms with Crippen LogP contribution in [0.4, 0.5) is 0 Å². The van der Waals surface area contributed by atoms with Crippen molar-refractivity contribution in [2.75, 3.05) is 12.0 Å². The van der Waals surface area contributed by atoms with E-state index in [4.69, 9.17) is 11.6 Å². The van der Waals surface area contributed by atoms with Crippen LogP contribution in [0.15, 0.2) is 53.4 Å². The van der Waals surface area contributed by atoms with E-state index in [0.29, 0.717) is 16.5 Å². The lowest BCUT2D eigenvalue weighted by Gasteiger charge is -2.17. The smallest absolute Gasteiger partial charge is 0.230 e. The van der Waals surface area contributed by atoms with Crippen LogP contribution in [0.25, 0.3) is 0 Å². The first-order chi connectivity index (χ1) is 12.3. The van der Waals surface area contributed by atoms with Gasteiger partial charge in [0.2, 0.25) is 5.91 Å². The summed E-state index contributed by atoms with van der Waals surface area (Å²) < 4.78 is 23.1. The van der Waals surface area contributed by atoms with Crippen molar-refractivity contribution in [3.63, 3.8) is 0 Å². The average Bonchev–Trinajstić information content (AvgIpc) is 2.59. The van der Waals surface area contributed by atoms with Gasteiger partial charge in [-0.25, -0.2) is 8.42 Å². The number of carbonyl (C=O) groups excluding carboxylic acids is 1. The van der Waals surface area contributed by atoms with E-state index >= 15 is 0 Å². The maximum absolute atomic E-state index is 12.2. The Bertz CT molecular complexity index is 851. The second kappa shape index (κ2) is 9.44. The zero-order chi connectivity index (χ0) is 19.2. The van der Waals surface area contributed by atoms with Crippen LogP contribution in [0.5, 0.6) is 0 Å². The highest BCUT2D eigenvalue weighted by Crippen LogP contribution is 2.20. The van der Waals surface area contributed by atoms with Gasteiger partial charge >= 0.3 is 0 Å². The fourth-order valence-corrected chi connectivity index (χ4v) is 4.12. The van der Waals surface area contributed by atoms with Crippen molar-refractivity contribution in [3.05, 3.63) is 64.7 Å². The normalized spacial score (nSPS) is 12.6. The van der Waals surface area contributed by atoms with Gasteiger partial charge in [-0.15, -0.1) is 11.8 Å². The lowest BCUT2D eigenvalue weighted by Crippen LogP contribution is -2.29. The molecule has 0 spiro atoms. The standard InChI is InChI=1S/C19H22ClNO3S2/c1-3-18(15-7-9-17(10-8-15)26(2,23)24)21-19(22)13-25-12-14-5-4-6-16(20)11-14/h4-11,18H,3,12-13H2,1-2H3,(H,21,22)/t18-/m0/s1. The maximum Gasteiger partial charge on any atom is 0.230 e. The Labute approximate surface area is 164 Å². The van der Waals surface area contributed by atoms with Gasteiger partial charge in [-0.1, -0.05) is 42.8 Å². The molecule has 0 fully saturated rings. The van der Waals surface area contributed by atoms with Gasteiger partial charge in [0.25, 0.3) is 0 Å². The Morgan fingerprint density at radius 1 is 1.19 bits per heavy atom. The highest BCUT2D eigenvalue weighted by molar-refractivity contribution is 7.99. The van der Waals surface area contributed by atoms with Crippen LogP contribution >= 0.6 is 23.4 Å². The third-order valence-corrected chi connectivity index (χ3v) is 6.21. The molecule has 0 heterocycles. The van der Waals surface area contributed by atoms with Crippen molar-refractivity contribution < 1.29 is 13.2 Å². The molecule has 140 valence electrons. The minimum Gasteiger partial charge on any atom is -0.349 e. The quantitative estimate of drug-likeness (QED) is 0.705. The van der Waals surface area contributed by atoms with E-state index in [1.807, 2.05) is 31.2 Å². The fourth-order valence-electron chi connectivity index (χ4n) is 2.49. The molecule has 4 nitrogen and oxygen atoms in total. The second-order valence-electron chi connectivity index (χ2n) is 5.99. The first-order valence-electron chi connectivity index (χ1n) is 8.21. The van der Waals surface area contributed by atoms with Crippen LogP contribution in [-0.4, -0.2) is 26.3 Å². The molecule has 0 radical (unpaired) electrons. The highest BCUT2D eigenvalue weighted by atomic mass is 35.5. The summed E-state index contributed by atoms with van der Waals surface area (Å²) in [5, 5.41) is 3.69. The van der Waals surface area contributed by atoms with Crippen LogP contribution in [0, 0.1) is 0 Å². The fraction of sp³-hybridized carbons (Fsp3) is 0.316. The predicted octanol–water partition coefficient (Wildman–Crippen LogP) is 4.24. The number of rotatable bonds is 8. The number of nitrogens with one attached hydrogen (secondary N) is 1. The molecule has 0 saturated heterocycles.